The van der Waals surface area contributed by atoms with E-state index in [9.17, 15) is 9.59 Å². The average Bonchev–Trinajstić information content (AvgIpc) is 2.54. The van der Waals surface area contributed by atoms with E-state index in [-0.39, 0.29) is 31.3 Å². The molecule has 1 atom stereocenters. The molecule has 0 aliphatic rings. The summed E-state index contributed by atoms with van der Waals surface area (Å²) in [5.74, 6) is 0.171. The molecule has 0 saturated carbocycles. The highest BCUT2D eigenvalue weighted by molar-refractivity contribution is 6.00. The lowest BCUT2D eigenvalue weighted by molar-refractivity contribution is -0.140. The number of aliphatic hydroxyl groups is 1. The highest BCUT2D eigenvalue weighted by Crippen LogP contribution is 2.14. The van der Waals surface area contributed by atoms with E-state index in [1.54, 1.807) is 31.4 Å². The van der Waals surface area contributed by atoms with Crippen LogP contribution in [0.25, 0.3) is 0 Å². The van der Waals surface area contributed by atoms with Gasteiger partial charge in [0.05, 0.1) is 26.9 Å². The first kappa shape index (κ1) is 17.1. The van der Waals surface area contributed by atoms with Gasteiger partial charge < -0.3 is 19.9 Å². The van der Waals surface area contributed by atoms with Gasteiger partial charge in [-0.2, -0.15) is 0 Å². The van der Waals surface area contributed by atoms with Gasteiger partial charge in [-0.25, -0.2) is 0 Å². The summed E-state index contributed by atoms with van der Waals surface area (Å²) in [6.07, 6.45) is 0.457. The number of Topliss-reactive ketones (excluding diaryl/α,β-unsaturated/α-hetero) is 1. The Morgan fingerprint density at radius 1 is 1.24 bits per heavy atom. The Morgan fingerprint density at radius 3 is 2.43 bits per heavy atom. The molecular formula is C15H21NO5. The van der Waals surface area contributed by atoms with E-state index in [4.69, 9.17) is 9.84 Å². The Kier molecular flexibility index (Phi) is 7.42. The zero-order valence-electron chi connectivity index (χ0n) is 12.3. The van der Waals surface area contributed by atoms with Crippen molar-refractivity contribution in [3.8, 4) is 5.75 Å². The highest BCUT2D eigenvalue weighted by Gasteiger charge is 2.20. The van der Waals surface area contributed by atoms with Gasteiger partial charge in [-0.15, -0.1) is 0 Å². The molecule has 0 aliphatic carbocycles. The number of carbonyl (C=O) groups excluding carboxylic acids is 2. The van der Waals surface area contributed by atoms with E-state index in [0.717, 1.165) is 0 Å². The summed E-state index contributed by atoms with van der Waals surface area (Å²) in [6, 6.07) is 6.22. The summed E-state index contributed by atoms with van der Waals surface area (Å²) in [4.78, 5) is 23.6. The second-order valence-corrected chi connectivity index (χ2v) is 4.44. The van der Waals surface area contributed by atoms with Gasteiger partial charge in [0.2, 0.25) is 0 Å². The fraction of sp³-hybridized carbons (Fsp3) is 0.467. The predicted molar refractivity (Wildman–Crippen MR) is 77.5 cm³/mol. The number of nitrogens with one attached hydrogen (secondary N) is 1. The number of esters is 1. The third-order valence-corrected chi connectivity index (χ3v) is 3.06. The molecular weight excluding hydrogens is 274 g/mol. The van der Waals surface area contributed by atoms with Crippen LogP contribution in [0.15, 0.2) is 24.3 Å². The van der Waals surface area contributed by atoms with Crippen molar-refractivity contribution in [2.75, 3.05) is 27.4 Å². The van der Waals surface area contributed by atoms with Crippen LogP contribution in [0, 0.1) is 0 Å². The van der Waals surface area contributed by atoms with Crippen molar-refractivity contribution in [3.05, 3.63) is 29.8 Å². The van der Waals surface area contributed by atoms with E-state index in [0.29, 0.717) is 17.7 Å². The van der Waals surface area contributed by atoms with Crippen molar-refractivity contribution in [1.29, 1.82) is 0 Å². The second-order valence-electron chi connectivity index (χ2n) is 4.44. The number of ketones is 1. The summed E-state index contributed by atoms with van der Waals surface area (Å²) in [5, 5.41) is 11.8. The van der Waals surface area contributed by atoms with Crippen LogP contribution in [0.1, 0.15) is 23.2 Å². The third kappa shape index (κ3) is 5.53. The third-order valence-electron chi connectivity index (χ3n) is 3.06. The first-order valence-electron chi connectivity index (χ1n) is 6.71. The number of methoxy groups -OCH3 is 2. The van der Waals surface area contributed by atoms with Crippen molar-refractivity contribution in [3.63, 3.8) is 0 Å². The van der Waals surface area contributed by atoms with Crippen molar-refractivity contribution < 1.29 is 24.2 Å². The topological polar surface area (TPSA) is 84.9 Å². The van der Waals surface area contributed by atoms with Crippen molar-refractivity contribution in [2.24, 2.45) is 0 Å². The minimum Gasteiger partial charge on any atom is -0.497 e. The van der Waals surface area contributed by atoms with Gasteiger partial charge in [0.25, 0.3) is 0 Å². The molecule has 1 rings (SSSR count). The predicted octanol–water partition coefficient (Wildman–Crippen LogP) is 0.782. The largest absolute Gasteiger partial charge is 0.497 e. The minimum atomic E-state index is -0.537. The molecule has 0 bridgehead atoms. The molecule has 0 amide bonds. The zero-order valence-corrected chi connectivity index (χ0v) is 12.3. The van der Waals surface area contributed by atoms with Gasteiger partial charge >= 0.3 is 5.97 Å². The maximum absolute atomic E-state index is 12.4. The summed E-state index contributed by atoms with van der Waals surface area (Å²) >= 11 is 0. The van der Waals surface area contributed by atoms with Crippen molar-refractivity contribution >= 4 is 11.8 Å². The lowest BCUT2D eigenvalue weighted by atomic mass is 10.00. The lowest BCUT2D eigenvalue weighted by Crippen LogP contribution is -2.39. The Bertz CT molecular complexity index is 458. The first-order valence-corrected chi connectivity index (χ1v) is 6.71. The molecule has 0 aromatic heterocycles. The highest BCUT2D eigenvalue weighted by atomic mass is 16.5. The minimum absolute atomic E-state index is 0.0788. The summed E-state index contributed by atoms with van der Waals surface area (Å²) < 4.78 is 9.62. The van der Waals surface area contributed by atoms with Gasteiger partial charge in [0.15, 0.2) is 5.78 Å². The molecule has 0 radical (unpaired) electrons. The van der Waals surface area contributed by atoms with E-state index in [2.05, 4.69) is 10.1 Å². The molecule has 2 N–H and O–H groups in total. The molecule has 0 saturated heterocycles. The SMILES string of the molecule is COC(=O)CCC(NCCO)C(=O)c1ccc(OC)cc1. The van der Waals surface area contributed by atoms with Crippen LogP contribution in [-0.2, 0) is 9.53 Å². The van der Waals surface area contributed by atoms with Crippen LogP contribution in [0.2, 0.25) is 0 Å². The molecule has 6 heteroatoms. The van der Waals surface area contributed by atoms with E-state index in [1.165, 1.54) is 7.11 Å². The Balaban J connectivity index is 2.74. The van der Waals surface area contributed by atoms with Crippen molar-refractivity contribution in [2.45, 2.75) is 18.9 Å². The number of ether oxygens (including phenoxy) is 2. The fourth-order valence-corrected chi connectivity index (χ4v) is 1.89. The molecule has 1 aromatic rings. The number of hydrogen-bond donors (Lipinski definition) is 2. The average molecular weight is 295 g/mol. The van der Waals surface area contributed by atoms with Crippen LogP contribution in [0.3, 0.4) is 0 Å². The molecule has 0 aliphatic heterocycles. The number of aliphatic hydroxyl groups excluding tert-OH is 1. The molecule has 6 nitrogen and oxygen atoms in total. The Hall–Kier alpha value is -1.92. The molecule has 116 valence electrons. The Morgan fingerprint density at radius 2 is 1.90 bits per heavy atom. The second kappa shape index (κ2) is 9.10. The van der Waals surface area contributed by atoms with E-state index >= 15 is 0 Å². The molecule has 1 aromatic carbocycles. The molecule has 0 fully saturated rings. The standard InChI is InChI=1S/C15H21NO5/c1-20-12-5-3-11(4-6-12)15(19)13(16-9-10-17)7-8-14(18)21-2/h3-6,13,16-17H,7-10H2,1-2H3. The number of carbonyl (C=O) groups is 2. The van der Waals surface area contributed by atoms with Gasteiger partial charge in [-0.05, 0) is 30.7 Å². The normalized spacial score (nSPS) is 11.8. The van der Waals surface area contributed by atoms with Gasteiger partial charge in [0, 0.05) is 18.5 Å². The molecule has 0 spiro atoms. The molecule has 1 unspecified atom stereocenters. The summed E-state index contributed by atoms with van der Waals surface area (Å²) in [7, 11) is 2.86. The maximum atomic E-state index is 12.4. The van der Waals surface area contributed by atoms with Crippen LogP contribution in [0.4, 0.5) is 0 Å². The Labute approximate surface area is 124 Å². The van der Waals surface area contributed by atoms with Crippen LogP contribution in [0.5, 0.6) is 5.75 Å². The fourth-order valence-electron chi connectivity index (χ4n) is 1.89. The van der Waals surface area contributed by atoms with E-state index in [1.807, 2.05) is 0 Å². The smallest absolute Gasteiger partial charge is 0.305 e. The first-order chi connectivity index (χ1) is 10.1. The van der Waals surface area contributed by atoms with Crippen LogP contribution < -0.4 is 10.1 Å². The van der Waals surface area contributed by atoms with Gasteiger partial charge in [-0.1, -0.05) is 0 Å². The van der Waals surface area contributed by atoms with Gasteiger partial charge in [0.1, 0.15) is 5.75 Å². The number of hydrogen-bond acceptors (Lipinski definition) is 6. The van der Waals surface area contributed by atoms with Crippen molar-refractivity contribution in [1.82, 2.24) is 5.32 Å². The quantitative estimate of drug-likeness (QED) is 0.517. The van der Waals surface area contributed by atoms with Crippen LogP contribution >= 0.6 is 0 Å². The molecule has 0 heterocycles. The number of benzene rings is 1. The maximum Gasteiger partial charge on any atom is 0.305 e. The summed E-state index contributed by atoms with van der Waals surface area (Å²) in [5.41, 5.74) is 0.524. The van der Waals surface area contributed by atoms with E-state index < -0.39 is 6.04 Å². The summed E-state index contributed by atoms with van der Waals surface area (Å²) in [6.45, 7) is 0.207. The van der Waals surface area contributed by atoms with Crippen LogP contribution in [-0.4, -0.2) is 50.3 Å². The number of rotatable bonds is 9. The molecule has 21 heavy (non-hydrogen) atoms. The zero-order chi connectivity index (χ0) is 15.7. The van der Waals surface area contributed by atoms with Gasteiger partial charge in [-0.3, -0.25) is 9.59 Å². The monoisotopic (exact) mass is 295 g/mol. The lowest BCUT2D eigenvalue weighted by Gasteiger charge is -2.17.